The van der Waals surface area contributed by atoms with Crippen LogP contribution >= 0.6 is 0 Å². The van der Waals surface area contributed by atoms with Gasteiger partial charge in [-0.3, -0.25) is 9.69 Å². The van der Waals surface area contributed by atoms with E-state index in [1.165, 1.54) is 9.80 Å². The summed E-state index contributed by atoms with van der Waals surface area (Å²) < 4.78 is 5.24. The first-order valence-electron chi connectivity index (χ1n) is 10.6. The third-order valence-corrected chi connectivity index (χ3v) is 6.34. The summed E-state index contributed by atoms with van der Waals surface area (Å²) in [7, 11) is 0. The van der Waals surface area contributed by atoms with Crippen molar-refractivity contribution in [1.82, 2.24) is 9.80 Å². The van der Waals surface area contributed by atoms with E-state index in [4.69, 9.17) is 4.74 Å². The number of benzene rings is 1. The van der Waals surface area contributed by atoms with Crippen molar-refractivity contribution in [1.29, 1.82) is 0 Å². The predicted molar refractivity (Wildman–Crippen MR) is 112 cm³/mol. The van der Waals surface area contributed by atoms with Crippen LogP contribution in [-0.2, 0) is 16.0 Å². The molecular weight excluding hydrogens is 384 g/mol. The SMILES string of the molecule is CC1([C@@H](C(=O)N2C(=O)OC[C@@H]2Cc2ccccc2)N(C(=O)O)C(C)(C)C)CCCC1. The van der Waals surface area contributed by atoms with Gasteiger partial charge < -0.3 is 9.84 Å². The van der Waals surface area contributed by atoms with E-state index in [9.17, 15) is 19.5 Å². The molecule has 1 aliphatic carbocycles. The molecule has 7 heteroatoms. The predicted octanol–water partition coefficient (Wildman–Crippen LogP) is 4.30. The zero-order valence-electron chi connectivity index (χ0n) is 18.3. The number of carboxylic acid groups (broad SMARTS) is 1. The van der Waals surface area contributed by atoms with E-state index >= 15 is 0 Å². The normalized spacial score (nSPS) is 21.9. The largest absolute Gasteiger partial charge is 0.465 e. The lowest BCUT2D eigenvalue weighted by Crippen LogP contribution is -2.63. The molecule has 1 saturated carbocycles. The van der Waals surface area contributed by atoms with Crippen LogP contribution < -0.4 is 0 Å². The molecule has 2 atom stereocenters. The smallest absolute Gasteiger partial charge is 0.417 e. The van der Waals surface area contributed by atoms with Gasteiger partial charge >= 0.3 is 12.2 Å². The number of carbonyl (C=O) groups is 3. The van der Waals surface area contributed by atoms with Crippen LogP contribution in [0.5, 0.6) is 0 Å². The number of imide groups is 1. The van der Waals surface area contributed by atoms with Crippen LogP contribution in [0.15, 0.2) is 30.3 Å². The Bertz CT molecular complexity index is 796. The van der Waals surface area contributed by atoms with E-state index in [2.05, 4.69) is 0 Å². The maximum Gasteiger partial charge on any atom is 0.417 e. The molecular formula is C23H32N2O5. The zero-order chi connectivity index (χ0) is 22.1. The van der Waals surface area contributed by atoms with Crippen molar-refractivity contribution < 1.29 is 24.2 Å². The summed E-state index contributed by atoms with van der Waals surface area (Å²) in [6.45, 7) is 7.43. The fourth-order valence-corrected chi connectivity index (χ4v) is 4.86. The molecule has 2 fully saturated rings. The quantitative estimate of drug-likeness (QED) is 0.773. The Morgan fingerprint density at radius 2 is 1.83 bits per heavy atom. The maximum atomic E-state index is 13.9. The van der Waals surface area contributed by atoms with Crippen molar-refractivity contribution in [3.05, 3.63) is 35.9 Å². The molecule has 30 heavy (non-hydrogen) atoms. The number of ether oxygens (including phenoxy) is 1. The second-order valence-electron chi connectivity index (χ2n) is 9.72. The Balaban J connectivity index is 1.98. The van der Waals surface area contributed by atoms with Gasteiger partial charge in [0, 0.05) is 5.54 Å². The maximum absolute atomic E-state index is 13.9. The van der Waals surface area contributed by atoms with Crippen LogP contribution in [0.3, 0.4) is 0 Å². The van der Waals surface area contributed by atoms with E-state index in [0.29, 0.717) is 6.42 Å². The van der Waals surface area contributed by atoms with Crippen LogP contribution in [0.4, 0.5) is 9.59 Å². The van der Waals surface area contributed by atoms with Crippen LogP contribution in [-0.4, -0.2) is 57.2 Å². The summed E-state index contributed by atoms with van der Waals surface area (Å²) >= 11 is 0. The van der Waals surface area contributed by atoms with Gasteiger partial charge in [0.15, 0.2) is 0 Å². The minimum atomic E-state index is -1.15. The standard InChI is InChI=1S/C23H32N2O5/c1-22(2,3)25(20(27)28)18(23(4)12-8-9-13-23)19(26)24-17(15-30-21(24)29)14-16-10-6-5-7-11-16/h5-7,10-11,17-18H,8-9,12-15H2,1-4H3,(H,27,28)/t17-,18+/m0/s1. The molecule has 1 aromatic carbocycles. The number of amides is 3. The van der Waals surface area contributed by atoms with Crippen LogP contribution in [0.25, 0.3) is 0 Å². The third kappa shape index (κ3) is 4.30. The molecule has 1 heterocycles. The van der Waals surface area contributed by atoms with Gasteiger partial charge in [-0.2, -0.15) is 0 Å². The molecule has 0 aromatic heterocycles. The topological polar surface area (TPSA) is 87.2 Å². The number of carbonyl (C=O) groups excluding carboxylic acids is 2. The summed E-state index contributed by atoms with van der Waals surface area (Å²) in [5, 5.41) is 10.1. The number of hydrogen-bond donors (Lipinski definition) is 1. The van der Waals surface area contributed by atoms with Gasteiger partial charge in [-0.25, -0.2) is 14.5 Å². The van der Waals surface area contributed by atoms with E-state index in [1.807, 2.05) is 37.3 Å². The highest BCUT2D eigenvalue weighted by Crippen LogP contribution is 2.45. The molecule has 1 N–H and O–H groups in total. The van der Waals surface area contributed by atoms with Crippen molar-refractivity contribution in [2.75, 3.05) is 6.61 Å². The minimum Gasteiger partial charge on any atom is -0.465 e. The van der Waals surface area contributed by atoms with Crippen molar-refractivity contribution in [2.45, 2.75) is 77.4 Å². The third-order valence-electron chi connectivity index (χ3n) is 6.34. The number of hydrogen-bond acceptors (Lipinski definition) is 4. The molecule has 3 amide bonds. The van der Waals surface area contributed by atoms with Gasteiger partial charge in [-0.1, -0.05) is 50.1 Å². The summed E-state index contributed by atoms with van der Waals surface area (Å²) in [5.41, 5.74) is -0.327. The first-order chi connectivity index (χ1) is 14.0. The average molecular weight is 417 g/mol. The lowest BCUT2D eigenvalue weighted by atomic mass is 9.77. The fraction of sp³-hybridized carbons (Fsp3) is 0.609. The highest BCUT2D eigenvalue weighted by atomic mass is 16.6. The molecule has 1 aliphatic heterocycles. The van der Waals surface area contributed by atoms with Gasteiger partial charge in [0.2, 0.25) is 0 Å². The molecule has 0 spiro atoms. The van der Waals surface area contributed by atoms with E-state index in [-0.39, 0.29) is 6.61 Å². The molecule has 164 valence electrons. The monoisotopic (exact) mass is 416 g/mol. The fourth-order valence-electron chi connectivity index (χ4n) is 4.86. The van der Waals surface area contributed by atoms with Crippen molar-refractivity contribution in [3.63, 3.8) is 0 Å². The van der Waals surface area contributed by atoms with Gasteiger partial charge in [-0.05, 0) is 51.0 Å². The van der Waals surface area contributed by atoms with Crippen molar-refractivity contribution >= 4 is 18.1 Å². The number of nitrogens with zero attached hydrogens (tertiary/aromatic N) is 2. The van der Waals surface area contributed by atoms with Crippen LogP contribution in [0.2, 0.25) is 0 Å². The Morgan fingerprint density at radius 1 is 1.23 bits per heavy atom. The molecule has 1 aromatic rings. The Morgan fingerprint density at radius 3 is 2.37 bits per heavy atom. The van der Waals surface area contributed by atoms with E-state index in [1.54, 1.807) is 20.8 Å². The molecule has 2 aliphatic rings. The van der Waals surface area contributed by atoms with Crippen LogP contribution in [0, 0.1) is 5.41 Å². The molecule has 0 radical (unpaired) electrons. The van der Waals surface area contributed by atoms with E-state index in [0.717, 1.165) is 31.2 Å². The average Bonchev–Trinajstić information content (AvgIpc) is 3.25. The summed E-state index contributed by atoms with van der Waals surface area (Å²) in [5.74, 6) is -0.472. The number of cyclic esters (lactones) is 1. The number of rotatable bonds is 5. The Hall–Kier alpha value is -2.57. The first kappa shape index (κ1) is 22.1. The van der Waals surface area contributed by atoms with Crippen molar-refractivity contribution in [3.8, 4) is 0 Å². The second-order valence-corrected chi connectivity index (χ2v) is 9.72. The summed E-state index contributed by atoms with van der Waals surface area (Å²) in [6, 6.07) is 8.23. The minimum absolute atomic E-state index is 0.117. The lowest BCUT2D eigenvalue weighted by Gasteiger charge is -2.46. The molecule has 0 unspecified atom stereocenters. The molecule has 0 bridgehead atoms. The molecule has 1 saturated heterocycles. The Labute approximate surface area is 178 Å². The van der Waals surface area contributed by atoms with Gasteiger partial charge in [0.1, 0.15) is 12.6 Å². The summed E-state index contributed by atoms with van der Waals surface area (Å²) in [4.78, 5) is 41.2. The van der Waals surface area contributed by atoms with Gasteiger partial charge in [-0.15, -0.1) is 0 Å². The highest BCUT2D eigenvalue weighted by Gasteiger charge is 2.53. The summed E-state index contributed by atoms with van der Waals surface area (Å²) in [6.07, 6.45) is 2.01. The van der Waals surface area contributed by atoms with Gasteiger partial charge in [0.25, 0.3) is 5.91 Å². The van der Waals surface area contributed by atoms with E-state index < -0.39 is 41.1 Å². The highest BCUT2D eigenvalue weighted by molar-refractivity contribution is 5.98. The Kier molecular flexibility index (Phi) is 6.11. The van der Waals surface area contributed by atoms with Crippen LogP contribution in [0.1, 0.15) is 58.9 Å². The first-order valence-corrected chi connectivity index (χ1v) is 10.6. The van der Waals surface area contributed by atoms with Crippen molar-refractivity contribution in [2.24, 2.45) is 5.41 Å². The lowest BCUT2D eigenvalue weighted by molar-refractivity contribution is -0.141. The second kappa shape index (κ2) is 8.28. The zero-order valence-corrected chi connectivity index (χ0v) is 18.3. The van der Waals surface area contributed by atoms with Gasteiger partial charge in [0.05, 0.1) is 6.04 Å². The molecule has 7 nitrogen and oxygen atoms in total. The molecule has 3 rings (SSSR count).